The Kier molecular flexibility index (Phi) is 4.95. The van der Waals surface area contributed by atoms with Gasteiger partial charge in [-0.25, -0.2) is 9.97 Å². The van der Waals surface area contributed by atoms with Gasteiger partial charge in [0.1, 0.15) is 0 Å². The van der Waals surface area contributed by atoms with Crippen molar-refractivity contribution in [1.82, 2.24) is 14.9 Å². The first kappa shape index (κ1) is 16.5. The third kappa shape index (κ3) is 4.36. The number of piperidine rings is 1. The van der Waals surface area contributed by atoms with Crippen LogP contribution in [0.25, 0.3) is 0 Å². The Morgan fingerprint density at radius 3 is 3.12 bits per heavy atom. The second-order valence-corrected chi connectivity index (χ2v) is 7.89. The zero-order chi connectivity index (χ0) is 17.1. The van der Waals surface area contributed by atoms with Crippen molar-refractivity contribution in [2.75, 3.05) is 19.7 Å². The molecule has 1 unspecified atom stereocenters. The van der Waals surface area contributed by atoms with Crippen molar-refractivity contribution in [3.05, 3.63) is 40.0 Å². The van der Waals surface area contributed by atoms with E-state index in [0.717, 1.165) is 25.6 Å². The molecule has 3 heterocycles. The molecule has 2 aliphatic rings. The topological polar surface area (TPSA) is 62.0 Å². The maximum atomic E-state index is 8.95. The molecule has 0 aromatic carbocycles. The summed E-state index contributed by atoms with van der Waals surface area (Å²) < 4.78 is 5.83. The van der Waals surface area contributed by atoms with Gasteiger partial charge in [-0.3, -0.25) is 4.90 Å². The fourth-order valence-corrected chi connectivity index (χ4v) is 4.32. The van der Waals surface area contributed by atoms with E-state index in [4.69, 9.17) is 15.0 Å². The van der Waals surface area contributed by atoms with E-state index in [1.165, 1.54) is 36.4 Å². The quantitative estimate of drug-likeness (QED) is 0.793. The van der Waals surface area contributed by atoms with Crippen LogP contribution in [0, 0.1) is 17.2 Å². The summed E-state index contributed by atoms with van der Waals surface area (Å²) in [5.41, 5.74) is 1.81. The lowest BCUT2D eigenvalue weighted by Gasteiger charge is -2.32. The van der Waals surface area contributed by atoms with Gasteiger partial charge in [-0.05, 0) is 38.3 Å². The number of ether oxygens (including phenoxy) is 1. The summed E-state index contributed by atoms with van der Waals surface area (Å²) in [6.45, 7) is 3.77. The highest BCUT2D eigenvalue weighted by Gasteiger charge is 2.27. The van der Waals surface area contributed by atoms with Crippen LogP contribution in [-0.4, -0.2) is 34.6 Å². The third-order valence-corrected chi connectivity index (χ3v) is 5.87. The van der Waals surface area contributed by atoms with Crippen LogP contribution in [0.4, 0.5) is 0 Å². The van der Waals surface area contributed by atoms with Crippen molar-refractivity contribution in [2.24, 2.45) is 5.92 Å². The van der Waals surface area contributed by atoms with E-state index in [-0.39, 0.29) is 0 Å². The normalized spacial score (nSPS) is 21.0. The largest absolute Gasteiger partial charge is 0.477 e. The minimum Gasteiger partial charge on any atom is -0.477 e. The zero-order valence-corrected chi connectivity index (χ0v) is 15.0. The minimum atomic E-state index is 0.503. The standard InChI is InChI=1S/C19H22N4OS/c20-9-14-5-6-21-18(8-14)24-12-15-2-1-7-23(10-15)11-17-13-25-19(22-17)16-3-4-16/h5-6,8,13,15-16H,1-4,7,10-12H2. The highest BCUT2D eigenvalue weighted by atomic mass is 32.1. The van der Waals surface area contributed by atoms with Gasteiger partial charge in [0.25, 0.3) is 0 Å². The Bertz CT molecular complexity index is 765. The number of thiazole rings is 1. The van der Waals surface area contributed by atoms with Crippen molar-refractivity contribution < 1.29 is 4.74 Å². The first-order chi connectivity index (χ1) is 12.3. The van der Waals surface area contributed by atoms with E-state index < -0.39 is 0 Å². The molecular formula is C19H22N4OS. The number of hydrogen-bond donors (Lipinski definition) is 0. The maximum absolute atomic E-state index is 8.95. The summed E-state index contributed by atoms with van der Waals surface area (Å²) in [7, 11) is 0. The van der Waals surface area contributed by atoms with E-state index in [2.05, 4.69) is 21.3 Å². The zero-order valence-electron chi connectivity index (χ0n) is 14.2. The summed E-state index contributed by atoms with van der Waals surface area (Å²) in [4.78, 5) is 11.5. The van der Waals surface area contributed by atoms with Crippen molar-refractivity contribution in [2.45, 2.75) is 38.1 Å². The second kappa shape index (κ2) is 7.51. The van der Waals surface area contributed by atoms with E-state index in [9.17, 15) is 0 Å². The summed E-state index contributed by atoms with van der Waals surface area (Å²) >= 11 is 1.82. The second-order valence-electron chi connectivity index (χ2n) is 7.00. The lowest BCUT2D eigenvalue weighted by Crippen LogP contribution is -2.37. The maximum Gasteiger partial charge on any atom is 0.214 e. The highest BCUT2D eigenvalue weighted by molar-refractivity contribution is 7.09. The van der Waals surface area contributed by atoms with Crippen molar-refractivity contribution in [3.63, 3.8) is 0 Å². The first-order valence-corrected chi connectivity index (χ1v) is 9.84. The summed E-state index contributed by atoms with van der Waals surface area (Å²) in [5, 5.41) is 12.5. The van der Waals surface area contributed by atoms with E-state index in [0.29, 0.717) is 24.0 Å². The molecule has 4 rings (SSSR count). The molecule has 0 amide bonds. The average molecular weight is 354 g/mol. The molecule has 0 spiro atoms. The van der Waals surface area contributed by atoms with E-state index in [1.807, 2.05) is 11.3 Å². The van der Waals surface area contributed by atoms with E-state index in [1.54, 1.807) is 18.3 Å². The predicted octanol–water partition coefficient (Wildman–Crippen LogP) is 3.58. The Labute approximate surface area is 152 Å². The molecule has 25 heavy (non-hydrogen) atoms. The van der Waals surface area contributed by atoms with Gasteiger partial charge in [-0.15, -0.1) is 11.3 Å². The number of aromatic nitrogens is 2. The summed E-state index contributed by atoms with van der Waals surface area (Å²) in [6.07, 6.45) is 6.63. The fraction of sp³-hybridized carbons (Fsp3) is 0.526. The van der Waals surface area contributed by atoms with Crippen molar-refractivity contribution in [1.29, 1.82) is 5.26 Å². The SMILES string of the molecule is N#Cc1ccnc(OCC2CCCN(Cc3csc(C4CC4)n3)C2)c1. The highest BCUT2D eigenvalue weighted by Crippen LogP contribution is 2.41. The van der Waals surface area contributed by atoms with Crippen LogP contribution >= 0.6 is 11.3 Å². The molecule has 1 aliphatic carbocycles. The number of nitriles is 1. The monoisotopic (exact) mass is 354 g/mol. The lowest BCUT2D eigenvalue weighted by atomic mass is 9.99. The van der Waals surface area contributed by atoms with Gasteiger partial charge < -0.3 is 4.74 Å². The Balaban J connectivity index is 1.28. The van der Waals surface area contributed by atoms with E-state index >= 15 is 0 Å². The molecule has 1 saturated carbocycles. The molecule has 5 nitrogen and oxygen atoms in total. The van der Waals surface area contributed by atoms with Gasteiger partial charge in [-0.1, -0.05) is 0 Å². The van der Waals surface area contributed by atoms with Gasteiger partial charge in [0, 0.05) is 42.6 Å². The number of rotatable bonds is 6. The van der Waals surface area contributed by atoms with Crippen LogP contribution in [0.2, 0.25) is 0 Å². The molecule has 130 valence electrons. The molecule has 0 N–H and O–H groups in total. The van der Waals surface area contributed by atoms with Gasteiger partial charge in [0.15, 0.2) is 0 Å². The van der Waals surface area contributed by atoms with Crippen LogP contribution in [0.5, 0.6) is 5.88 Å². The average Bonchev–Trinajstić information content (AvgIpc) is 3.40. The molecule has 6 heteroatoms. The number of hydrogen-bond acceptors (Lipinski definition) is 6. The lowest BCUT2D eigenvalue weighted by molar-refractivity contribution is 0.122. The predicted molar refractivity (Wildman–Crippen MR) is 96.5 cm³/mol. The molecule has 2 fully saturated rings. The first-order valence-electron chi connectivity index (χ1n) is 8.96. The van der Waals surface area contributed by atoms with Crippen LogP contribution in [0.15, 0.2) is 23.7 Å². The van der Waals surface area contributed by atoms with Crippen molar-refractivity contribution in [3.8, 4) is 11.9 Å². The van der Waals surface area contributed by atoms with Crippen LogP contribution in [-0.2, 0) is 6.54 Å². The summed E-state index contributed by atoms with van der Waals surface area (Å²) in [6, 6.07) is 5.52. The minimum absolute atomic E-state index is 0.503. The third-order valence-electron chi connectivity index (χ3n) is 4.82. The van der Waals surface area contributed by atoms with Crippen molar-refractivity contribution >= 4 is 11.3 Å². The van der Waals surface area contributed by atoms with Gasteiger partial charge >= 0.3 is 0 Å². The van der Waals surface area contributed by atoms with Crippen LogP contribution in [0.3, 0.4) is 0 Å². The Morgan fingerprint density at radius 2 is 2.28 bits per heavy atom. The molecule has 1 aliphatic heterocycles. The number of nitrogens with zero attached hydrogens (tertiary/aromatic N) is 4. The molecule has 2 aromatic rings. The van der Waals surface area contributed by atoms with Crippen LogP contribution < -0.4 is 4.74 Å². The van der Waals surface area contributed by atoms with Gasteiger partial charge in [0.05, 0.1) is 28.9 Å². The number of pyridine rings is 1. The van der Waals surface area contributed by atoms with Gasteiger partial charge in [-0.2, -0.15) is 5.26 Å². The molecule has 0 bridgehead atoms. The Hall–Kier alpha value is -1.97. The van der Waals surface area contributed by atoms with Crippen LogP contribution in [0.1, 0.15) is 47.9 Å². The smallest absolute Gasteiger partial charge is 0.214 e. The summed E-state index contributed by atoms with van der Waals surface area (Å²) in [5.74, 6) is 1.80. The molecule has 0 radical (unpaired) electrons. The molecular weight excluding hydrogens is 332 g/mol. The number of likely N-dealkylation sites (tertiary alicyclic amines) is 1. The molecule has 1 atom stereocenters. The van der Waals surface area contributed by atoms with Gasteiger partial charge in [0.2, 0.25) is 5.88 Å². The molecule has 1 saturated heterocycles. The fourth-order valence-electron chi connectivity index (χ4n) is 3.33. The Morgan fingerprint density at radius 1 is 1.36 bits per heavy atom. The molecule has 2 aromatic heterocycles.